The Labute approximate surface area is 198 Å². The highest BCUT2D eigenvalue weighted by Crippen LogP contribution is 2.39. The number of methoxy groups -OCH3 is 1. The molecule has 176 valence electrons. The number of nitrogens with zero attached hydrogens (tertiary/aromatic N) is 1. The first-order valence-corrected chi connectivity index (χ1v) is 11.1. The van der Waals surface area contributed by atoms with Crippen LogP contribution in [0, 0.1) is 0 Å². The number of hydrogen-bond donors (Lipinski definition) is 1. The van der Waals surface area contributed by atoms with E-state index in [2.05, 4.69) is 0 Å². The Morgan fingerprint density at radius 1 is 1.03 bits per heavy atom. The molecule has 1 unspecified atom stereocenters. The van der Waals surface area contributed by atoms with Gasteiger partial charge in [-0.2, -0.15) is 0 Å². The molecule has 0 aliphatic carbocycles. The van der Waals surface area contributed by atoms with Crippen LogP contribution < -0.4 is 9.47 Å². The number of ketones is 1. The van der Waals surface area contributed by atoms with Crippen LogP contribution in [0.25, 0.3) is 5.76 Å². The van der Waals surface area contributed by atoms with Crippen LogP contribution in [0.4, 0.5) is 0 Å². The molecule has 3 aromatic rings. The lowest BCUT2D eigenvalue weighted by atomic mass is 9.99. The molecule has 1 aromatic heterocycles. The highest BCUT2D eigenvalue weighted by Gasteiger charge is 2.47. The van der Waals surface area contributed by atoms with Crippen molar-refractivity contribution in [2.45, 2.75) is 32.4 Å². The highest BCUT2D eigenvalue weighted by atomic mass is 16.5. The molecule has 1 aliphatic heterocycles. The van der Waals surface area contributed by atoms with E-state index in [1.807, 2.05) is 38.1 Å². The van der Waals surface area contributed by atoms with Crippen molar-refractivity contribution >= 4 is 17.4 Å². The van der Waals surface area contributed by atoms with Crippen LogP contribution >= 0.6 is 0 Å². The summed E-state index contributed by atoms with van der Waals surface area (Å²) in [7, 11) is 1.60. The van der Waals surface area contributed by atoms with Crippen molar-refractivity contribution in [2.24, 2.45) is 0 Å². The predicted molar refractivity (Wildman–Crippen MR) is 127 cm³/mol. The van der Waals surface area contributed by atoms with Crippen molar-refractivity contribution in [1.29, 1.82) is 0 Å². The van der Waals surface area contributed by atoms with Gasteiger partial charge in [0.15, 0.2) is 0 Å². The van der Waals surface area contributed by atoms with Gasteiger partial charge < -0.3 is 23.9 Å². The Morgan fingerprint density at radius 2 is 1.71 bits per heavy atom. The van der Waals surface area contributed by atoms with Crippen LogP contribution in [0.1, 0.15) is 36.8 Å². The van der Waals surface area contributed by atoms with E-state index in [-0.39, 0.29) is 24.0 Å². The van der Waals surface area contributed by atoms with Crippen molar-refractivity contribution in [3.05, 3.63) is 89.4 Å². The van der Waals surface area contributed by atoms with E-state index in [0.29, 0.717) is 23.5 Å². The van der Waals surface area contributed by atoms with E-state index in [9.17, 15) is 14.7 Å². The summed E-state index contributed by atoms with van der Waals surface area (Å²) in [5.41, 5.74) is 1.41. The number of aliphatic hydroxyl groups is 1. The van der Waals surface area contributed by atoms with Gasteiger partial charge in [-0.3, -0.25) is 9.59 Å². The average molecular weight is 462 g/mol. The third-order valence-electron chi connectivity index (χ3n) is 5.65. The van der Waals surface area contributed by atoms with Crippen LogP contribution in [-0.4, -0.2) is 41.5 Å². The standard InChI is InChI=1S/C27H27NO6/c1-17(2)34-21-12-8-19(9-13-21)25(29)23-24(22-5-4-16-33-22)28(27(31)26(23)30)15-14-18-6-10-20(32-3)11-7-18/h4-13,16-17,24,29H,14-15H2,1-3H3/b25-23-. The number of Topliss-reactive ketones (excluding diaryl/α,β-unsaturated/α-hetero) is 1. The molecular weight excluding hydrogens is 434 g/mol. The number of ether oxygens (including phenoxy) is 2. The second kappa shape index (κ2) is 9.87. The van der Waals surface area contributed by atoms with Crippen LogP contribution in [0.2, 0.25) is 0 Å². The Balaban J connectivity index is 1.66. The van der Waals surface area contributed by atoms with Crippen LogP contribution in [0.5, 0.6) is 11.5 Å². The molecule has 4 rings (SSSR count). The van der Waals surface area contributed by atoms with E-state index >= 15 is 0 Å². The Bertz CT molecular complexity index is 1180. The van der Waals surface area contributed by atoms with E-state index in [0.717, 1.165) is 11.3 Å². The van der Waals surface area contributed by atoms with Crippen molar-refractivity contribution in [3.63, 3.8) is 0 Å². The summed E-state index contributed by atoms with van der Waals surface area (Å²) in [6.45, 7) is 4.12. The normalized spacial score (nSPS) is 17.4. The minimum Gasteiger partial charge on any atom is -0.507 e. The SMILES string of the molecule is COc1ccc(CCN2C(=O)C(=O)/C(=C(\O)c3ccc(OC(C)C)cc3)C2c2ccco2)cc1. The molecule has 1 saturated heterocycles. The van der Waals surface area contributed by atoms with Gasteiger partial charge in [-0.25, -0.2) is 0 Å². The van der Waals surface area contributed by atoms with E-state index in [4.69, 9.17) is 13.9 Å². The van der Waals surface area contributed by atoms with Gasteiger partial charge in [-0.1, -0.05) is 12.1 Å². The molecule has 7 nitrogen and oxygen atoms in total. The zero-order valence-electron chi connectivity index (χ0n) is 19.4. The van der Waals surface area contributed by atoms with E-state index in [1.54, 1.807) is 43.5 Å². The lowest BCUT2D eigenvalue weighted by molar-refractivity contribution is -0.140. The molecular formula is C27H27NO6. The maximum atomic E-state index is 13.1. The molecule has 1 aliphatic rings. The summed E-state index contributed by atoms with van der Waals surface area (Å²) in [5, 5.41) is 11.1. The minimum absolute atomic E-state index is 0.00667. The fraction of sp³-hybridized carbons (Fsp3) is 0.259. The number of aliphatic hydroxyl groups excluding tert-OH is 1. The van der Waals surface area contributed by atoms with E-state index in [1.165, 1.54) is 11.2 Å². The van der Waals surface area contributed by atoms with Crippen molar-refractivity contribution in [3.8, 4) is 11.5 Å². The Morgan fingerprint density at radius 3 is 2.29 bits per heavy atom. The second-order valence-corrected chi connectivity index (χ2v) is 8.30. The molecule has 1 atom stereocenters. The fourth-order valence-electron chi connectivity index (χ4n) is 4.01. The molecule has 0 radical (unpaired) electrons. The number of rotatable bonds is 8. The number of amides is 1. The lowest BCUT2D eigenvalue weighted by Gasteiger charge is -2.23. The number of likely N-dealkylation sites (tertiary alicyclic amines) is 1. The zero-order valence-corrected chi connectivity index (χ0v) is 19.4. The summed E-state index contributed by atoms with van der Waals surface area (Å²) in [4.78, 5) is 27.5. The third kappa shape index (κ3) is 4.69. The van der Waals surface area contributed by atoms with Crippen LogP contribution in [0.15, 0.2) is 76.9 Å². The molecule has 0 spiro atoms. The smallest absolute Gasteiger partial charge is 0.295 e. The largest absolute Gasteiger partial charge is 0.507 e. The van der Waals surface area contributed by atoms with Gasteiger partial charge in [0, 0.05) is 12.1 Å². The molecule has 2 aromatic carbocycles. The first-order valence-electron chi connectivity index (χ1n) is 11.1. The summed E-state index contributed by atoms with van der Waals surface area (Å²) in [6.07, 6.45) is 2.02. The molecule has 0 saturated carbocycles. The fourth-order valence-corrected chi connectivity index (χ4v) is 4.01. The van der Waals surface area contributed by atoms with Gasteiger partial charge >= 0.3 is 0 Å². The van der Waals surface area contributed by atoms with Crippen LogP contribution in [0.3, 0.4) is 0 Å². The van der Waals surface area contributed by atoms with E-state index < -0.39 is 17.7 Å². The summed E-state index contributed by atoms with van der Waals surface area (Å²) >= 11 is 0. The van der Waals surface area contributed by atoms with Gasteiger partial charge in [-0.05, 0) is 74.4 Å². The molecule has 34 heavy (non-hydrogen) atoms. The number of benzene rings is 2. The monoisotopic (exact) mass is 461 g/mol. The summed E-state index contributed by atoms with van der Waals surface area (Å²) in [5.74, 6) is 0.143. The maximum absolute atomic E-state index is 13.1. The quantitative estimate of drug-likeness (QED) is 0.296. The first-order chi connectivity index (χ1) is 16.4. The highest BCUT2D eigenvalue weighted by molar-refractivity contribution is 6.46. The molecule has 1 N–H and O–H groups in total. The predicted octanol–water partition coefficient (Wildman–Crippen LogP) is 4.74. The van der Waals surface area contributed by atoms with Gasteiger partial charge in [0.05, 0.1) is 25.1 Å². The number of furan rings is 1. The summed E-state index contributed by atoms with van der Waals surface area (Å²) < 4.78 is 16.4. The van der Waals surface area contributed by atoms with Crippen molar-refractivity contribution in [2.75, 3.05) is 13.7 Å². The van der Waals surface area contributed by atoms with Gasteiger partial charge in [-0.15, -0.1) is 0 Å². The first kappa shape index (κ1) is 23.2. The summed E-state index contributed by atoms with van der Waals surface area (Å²) in [6, 6.07) is 16.9. The maximum Gasteiger partial charge on any atom is 0.295 e. The zero-order chi connectivity index (χ0) is 24.2. The molecule has 2 heterocycles. The molecule has 0 bridgehead atoms. The van der Waals surface area contributed by atoms with Gasteiger partial charge in [0.2, 0.25) is 0 Å². The van der Waals surface area contributed by atoms with Gasteiger partial charge in [0.1, 0.15) is 29.1 Å². The minimum atomic E-state index is -0.820. The number of hydrogen-bond acceptors (Lipinski definition) is 6. The number of carbonyl (C=O) groups excluding carboxylic acids is 2. The lowest BCUT2D eigenvalue weighted by Crippen LogP contribution is -2.31. The van der Waals surface area contributed by atoms with Crippen molar-refractivity contribution in [1.82, 2.24) is 4.90 Å². The van der Waals surface area contributed by atoms with Crippen LogP contribution in [-0.2, 0) is 16.0 Å². The Hall–Kier alpha value is -4.00. The third-order valence-corrected chi connectivity index (χ3v) is 5.65. The second-order valence-electron chi connectivity index (χ2n) is 8.30. The van der Waals surface area contributed by atoms with Gasteiger partial charge in [0.25, 0.3) is 11.7 Å². The molecule has 1 fully saturated rings. The molecule has 7 heteroatoms. The topological polar surface area (TPSA) is 89.2 Å². The number of carbonyl (C=O) groups is 2. The molecule has 1 amide bonds. The Kier molecular flexibility index (Phi) is 6.72. The van der Waals surface area contributed by atoms with Crippen molar-refractivity contribution < 1.29 is 28.6 Å². The average Bonchev–Trinajstić information content (AvgIpc) is 3.45.